The highest BCUT2D eigenvalue weighted by molar-refractivity contribution is 5.91. The minimum Gasteiger partial charge on any atom is -0.0732 e. The number of benzene rings is 2. The fourth-order valence-corrected chi connectivity index (χ4v) is 3.23. The molecule has 2 aromatic carbocycles. The predicted octanol–water partition coefficient (Wildman–Crippen LogP) is 5.26. The lowest BCUT2D eigenvalue weighted by Gasteiger charge is -2.16. The van der Waals surface area contributed by atoms with Gasteiger partial charge in [-0.05, 0) is 21.9 Å². The van der Waals surface area contributed by atoms with Crippen LogP contribution in [0.1, 0.15) is 23.0 Å². The molecule has 0 nitrogen and oxygen atoms in total. The van der Waals surface area contributed by atoms with E-state index in [1.165, 1.54) is 21.9 Å². The van der Waals surface area contributed by atoms with Crippen LogP contribution in [0.5, 0.6) is 0 Å². The Morgan fingerprint density at radius 1 is 0.550 bits per heavy atom. The fourth-order valence-electron chi connectivity index (χ4n) is 3.23. The van der Waals surface area contributed by atoms with Gasteiger partial charge in [0.2, 0.25) is 0 Å². The van der Waals surface area contributed by atoms with E-state index in [0.717, 1.165) is 0 Å². The molecule has 0 saturated carbocycles. The van der Waals surface area contributed by atoms with Crippen LogP contribution in [0.3, 0.4) is 0 Å². The van der Waals surface area contributed by atoms with Crippen molar-refractivity contribution in [2.45, 2.75) is 11.8 Å². The van der Waals surface area contributed by atoms with Gasteiger partial charge < -0.3 is 0 Å². The van der Waals surface area contributed by atoms with Gasteiger partial charge in [-0.3, -0.25) is 0 Å². The van der Waals surface area contributed by atoms with Crippen molar-refractivity contribution in [1.82, 2.24) is 0 Å². The number of hydrogen-bond donors (Lipinski definition) is 0. The van der Waals surface area contributed by atoms with Crippen LogP contribution in [0.2, 0.25) is 0 Å². The van der Waals surface area contributed by atoms with Gasteiger partial charge >= 0.3 is 0 Å². The van der Waals surface area contributed by atoms with Crippen LogP contribution in [0, 0.1) is 0 Å². The number of fused-ring (bicyclic) bond motifs is 1. The van der Waals surface area contributed by atoms with Crippen molar-refractivity contribution < 1.29 is 0 Å². The Kier molecular flexibility index (Phi) is 2.67. The van der Waals surface area contributed by atoms with Crippen molar-refractivity contribution in [2.75, 3.05) is 0 Å². The van der Waals surface area contributed by atoms with Crippen LogP contribution < -0.4 is 0 Å². The molecule has 96 valence electrons. The molecule has 0 bridgehead atoms. The molecule has 0 N–H and O–H groups in total. The van der Waals surface area contributed by atoms with Crippen molar-refractivity contribution in [3.05, 3.63) is 96.1 Å². The molecule has 0 amide bonds. The average Bonchev–Trinajstić information content (AvgIpc) is 3.19. The van der Waals surface area contributed by atoms with E-state index in [1.54, 1.807) is 0 Å². The maximum absolute atomic E-state index is 2.27. The van der Waals surface area contributed by atoms with Crippen molar-refractivity contribution in [1.29, 1.82) is 0 Å². The summed E-state index contributed by atoms with van der Waals surface area (Å²) in [6.45, 7) is 0. The second-order valence-corrected chi connectivity index (χ2v) is 5.38. The first-order valence-electron chi connectivity index (χ1n) is 7.15. The molecule has 0 saturated heterocycles. The summed E-state index contributed by atoms with van der Waals surface area (Å²) < 4.78 is 0. The van der Waals surface area contributed by atoms with Crippen LogP contribution in [0.25, 0.3) is 10.8 Å². The maximum atomic E-state index is 2.27. The van der Waals surface area contributed by atoms with E-state index in [9.17, 15) is 0 Å². The summed E-state index contributed by atoms with van der Waals surface area (Å²) in [6, 6.07) is 13.3. The maximum Gasteiger partial charge on any atom is 0.0211 e. The van der Waals surface area contributed by atoms with Crippen LogP contribution in [-0.4, -0.2) is 0 Å². The van der Waals surface area contributed by atoms with Gasteiger partial charge in [-0.15, -0.1) is 0 Å². The molecule has 0 unspecified atom stereocenters. The molecule has 0 aliphatic heterocycles. The van der Waals surface area contributed by atoms with Crippen LogP contribution in [-0.2, 0) is 0 Å². The van der Waals surface area contributed by atoms with E-state index in [-0.39, 0.29) is 0 Å². The van der Waals surface area contributed by atoms with Crippen molar-refractivity contribution in [3.8, 4) is 0 Å². The molecule has 0 aromatic heterocycles. The van der Waals surface area contributed by atoms with Gasteiger partial charge in [-0.2, -0.15) is 0 Å². The third-order valence-electron chi connectivity index (χ3n) is 4.18. The quantitative estimate of drug-likeness (QED) is 0.687. The normalized spacial score (nSPS) is 17.8. The molecule has 2 aliphatic carbocycles. The monoisotopic (exact) mass is 256 g/mol. The lowest BCUT2D eigenvalue weighted by atomic mass is 9.87. The van der Waals surface area contributed by atoms with Gasteiger partial charge in [-0.1, -0.05) is 85.0 Å². The minimum atomic E-state index is 0.411. The van der Waals surface area contributed by atoms with Gasteiger partial charge in [0.1, 0.15) is 0 Å². The van der Waals surface area contributed by atoms with E-state index < -0.39 is 0 Å². The summed E-state index contributed by atoms with van der Waals surface area (Å²) >= 11 is 0. The highest BCUT2D eigenvalue weighted by atomic mass is 14.2. The van der Waals surface area contributed by atoms with Gasteiger partial charge in [0.15, 0.2) is 0 Å². The van der Waals surface area contributed by atoms with Crippen LogP contribution >= 0.6 is 0 Å². The number of hydrogen-bond acceptors (Lipinski definition) is 0. The first-order chi connectivity index (χ1) is 9.93. The molecule has 20 heavy (non-hydrogen) atoms. The SMILES string of the molecule is C1=CC(c2cccc3cccc(C4C=CC=C4)c23)C=C1. The Hall–Kier alpha value is -2.34. The second-order valence-electron chi connectivity index (χ2n) is 5.38. The highest BCUT2D eigenvalue weighted by Gasteiger charge is 2.16. The topological polar surface area (TPSA) is 0 Å². The van der Waals surface area contributed by atoms with Gasteiger partial charge in [0.05, 0.1) is 0 Å². The lowest BCUT2D eigenvalue weighted by Crippen LogP contribution is -1.97. The summed E-state index contributed by atoms with van der Waals surface area (Å²) in [5.41, 5.74) is 2.83. The Balaban J connectivity index is 1.99. The molecule has 2 aliphatic rings. The summed E-state index contributed by atoms with van der Waals surface area (Å²) in [6.07, 6.45) is 17.6. The van der Waals surface area contributed by atoms with Crippen molar-refractivity contribution >= 4 is 10.8 Å². The zero-order chi connectivity index (χ0) is 13.4. The van der Waals surface area contributed by atoms with Gasteiger partial charge in [0.25, 0.3) is 0 Å². The molecule has 0 heteroatoms. The Morgan fingerprint density at radius 2 is 1.00 bits per heavy atom. The third kappa shape index (κ3) is 1.77. The molecule has 0 fully saturated rings. The molecule has 4 rings (SSSR count). The van der Waals surface area contributed by atoms with E-state index in [2.05, 4.69) is 85.0 Å². The summed E-state index contributed by atoms with van der Waals surface area (Å²) in [7, 11) is 0. The Morgan fingerprint density at radius 3 is 1.45 bits per heavy atom. The first kappa shape index (κ1) is 11.5. The molecule has 2 aromatic rings. The van der Waals surface area contributed by atoms with Crippen molar-refractivity contribution in [2.24, 2.45) is 0 Å². The summed E-state index contributed by atoms with van der Waals surface area (Å²) in [4.78, 5) is 0. The van der Waals surface area contributed by atoms with E-state index >= 15 is 0 Å². The third-order valence-corrected chi connectivity index (χ3v) is 4.18. The van der Waals surface area contributed by atoms with E-state index in [0.29, 0.717) is 11.8 Å². The lowest BCUT2D eigenvalue weighted by molar-refractivity contribution is 1.09. The smallest absolute Gasteiger partial charge is 0.0211 e. The zero-order valence-electron chi connectivity index (χ0n) is 11.2. The molecule has 0 atom stereocenters. The van der Waals surface area contributed by atoms with Gasteiger partial charge in [-0.25, -0.2) is 0 Å². The van der Waals surface area contributed by atoms with Gasteiger partial charge in [0, 0.05) is 11.8 Å². The first-order valence-corrected chi connectivity index (χ1v) is 7.15. The molecule has 0 heterocycles. The van der Waals surface area contributed by atoms with E-state index in [4.69, 9.17) is 0 Å². The Labute approximate surface area is 119 Å². The fraction of sp³-hybridized carbons (Fsp3) is 0.100. The van der Waals surface area contributed by atoms with Crippen LogP contribution in [0.4, 0.5) is 0 Å². The second kappa shape index (κ2) is 4.64. The van der Waals surface area contributed by atoms with Crippen LogP contribution in [0.15, 0.2) is 85.0 Å². The largest absolute Gasteiger partial charge is 0.0732 e. The number of allylic oxidation sites excluding steroid dienone is 8. The minimum absolute atomic E-state index is 0.411. The average molecular weight is 256 g/mol. The predicted molar refractivity (Wildman–Crippen MR) is 86.0 cm³/mol. The highest BCUT2D eigenvalue weighted by Crippen LogP contribution is 2.36. The zero-order valence-corrected chi connectivity index (χ0v) is 11.2. The summed E-state index contributed by atoms with van der Waals surface area (Å²) in [5, 5.41) is 2.75. The summed E-state index contributed by atoms with van der Waals surface area (Å²) in [5.74, 6) is 0.823. The Bertz CT molecular complexity index is 685. The molecular formula is C20H16. The van der Waals surface area contributed by atoms with Crippen molar-refractivity contribution in [3.63, 3.8) is 0 Å². The number of rotatable bonds is 2. The molecule has 0 radical (unpaired) electrons. The molecule has 0 spiro atoms. The standard InChI is InChI=1S/C20H16/c1-2-8-15(7-1)18-13-5-11-17-12-6-14-19(20(17)18)16-9-3-4-10-16/h1-16H. The molecular weight excluding hydrogens is 240 g/mol. The van der Waals surface area contributed by atoms with E-state index in [1.807, 2.05) is 0 Å².